The average molecular weight is 257 g/mol. The Morgan fingerprint density at radius 3 is 2.47 bits per heavy atom. The van der Waals surface area contributed by atoms with E-state index in [1.165, 1.54) is 4.31 Å². The van der Waals surface area contributed by atoms with E-state index in [2.05, 4.69) is 0 Å². The molecule has 0 fully saturated rings. The molecule has 0 bridgehead atoms. The predicted molar refractivity (Wildman–Crippen MR) is 69.7 cm³/mol. The lowest BCUT2D eigenvalue weighted by molar-refractivity contribution is 0.287. The van der Waals surface area contributed by atoms with Crippen LogP contribution in [0.15, 0.2) is 24.3 Å². The molecule has 1 aromatic carbocycles. The highest BCUT2D eigenvalue weighted by molar-refractivity contribution is 7.92. The summed E-state index contributed by atoms with van der Waals surface area (Å²) >= 11 is 0. The van der Waals surface area contributed by atoms with E-state index in [-0.39, 0.29) is 12.4 Å². The number of rotatable bonds is 6. The summed E-state index contributed by atoms with van der Waals surface area (Å²) in [6.07, 6.45) is 0.996. The van der Waals surface area contributed by atoms with Gasteiger partial charge in [0, 0.05) is 13.7 Å². The molecular weight excluding hydrogens is 238 g/mol. The van der Waals surface area contributed by atoms with E-state index in [0.29, 0.717) is 18.5 Å². The van der Waals surface area contributed by atoms with E-state index in [1.807, 2.05) is 25.1 Å². The van der Waals surface area contributed by atoms with Crippen LogP contribution in [-0.2, 0) is 10.0 Å². The van der Waals surface area contributed by atoms with Crippen LogP contribution in [0.25, 0.3) is 0 Å². The minimum atomic E-state index is -3.29. The number of aliphatic hydroxyl groups is 1. The first-order valence-corrected chi connectivity index (χ1v) is 7.23. The molecule has 0 aliphatic carbocycles. The molecule has 0 saturated heterocycles. The summed E-state index contributed by atoms with van der Waals surface area (Å²) in [7, 11) is -1.72. The van der Waals surface area contributed by atoms with E-state index >= 15 is 0 Å². The lowest BCUT2D eigenvalue weighted by Crippen LogP contribution is -2.29. The van der Waals surface area contributed by atoms with Gasteiger partial charge in [0.05, 0.1) is 11.4 Å². The Labute approximate surface area is 103 Å². The number of hydrogen-bond donors (Lipinski definition) is 1. The highest BCUT2D eigenvalue weighted by atomic mass is 32.2. The van der Waals surface area contributed by atoms with Crippen molar-refractivity contribution < 1.29 is 13.5 Å². The van der Waals surface area contributed by atoms with Gasteiger partial charge in [-0.25, -0.2) is 8.42 Å². The van der Waals surface area contributed by atoms with Gasteiger partial charge in [0.15, 0.2) is 0 Å². The molecule has 1 rings (SSSR count). The number of nitrogens with zero attached hydrogens (tertiary/aromatic N) is 1. The van der Waals surface area contributed by atoms with Crippen molar-refractivity contribution in [2.45, 2.75) is 19.8 Å². The first-order chi connectivity index (χ1) is 7.99. The molecule has 0 aliphatic rings. The molecule has 0 aliphatic heterocycles. The van der Waals surface area contributed by atoms with Gasteiger partial charge in [0.1, 0.15) is 0 Å². The maximum atomic E-state index is 12.0. The van der Waals surface area contributed by atoms with Crippen LogP contribution in [0.5, 0.6) is 0 Å². The van der Waals surface area contributed by atoms with Gasteiger partial charge in [-0.3, -0.25) is 4.31 Å². The number of aliphatic hydroxyl groups excluding tert-OH is 1. The molecule has 0 spiro atoms. The number of unbranched alkanes of at least 4 members (excludes halogenated alkanes) is 1. The van der Waals surface area contributed by atoms with Crippen molar-refractivity contribution in [3.8, 4) is 0 Å². The van der Waals surface area contributed by atoms with Crippen LogP contribution in [0.1, 0.15) is 18.4 Å². The fourth-order valence-electron chi connectivity index (χ4n) is 1.60. The fourth-order valence-corrected chi connectivity index (χ4v) is 2.95. The van der Waals surface area contributed by atoms with Crippen molar-refractivity contribution in [2.24, 2.45) is 0 Å². The van der Waals surface area contributed by atoms with Gasteiger partial charge in [-0.2, -0.15) is 0 Å². The van der Waals surface area contributed by atoms with E-state index in [4.69, 9.17) is 5.11 Å². The first-order valence-electron chi connectivity index (χ1n) is 5.62. The van der Waals surface area contributed by atoms with E-state index in [0.717, 1.165) is 5.56 Å². The van der Waals surface area contributed by atoms with Crippen LogP contribution < -0.4 is 4.31 Å². The van der Waals surface area contributed by atoms with E-state index < -0.39 is 10.0 Å². The Kier molecular flexibility index (Phi) is 4.96. The zero-order chi connectivity index (χ0) is 12.9. The van der Waals surface area contributed by atoms with Crippen LogP contribution in [0.2, 0.25) is 0 Å². The van der Waals surface area contributed by atoms with Crippen molar-refractivity contribution in [1.82, 2.24) is 0 Å². The maximum absolute atomic E-state index is 12.0. The molecule has 0 saturated carbocycles. The lowest BCUT2D eigenvalue weighted by atomic mass is 10.2. The molecular formula is C12H19NO3S. The largest absolute Gasteiger partial charge is 0.396 e. The standard InChI is InChI=1S/C12H19NO3S/c1-11-7-3-4-8-12(11)13(2)17(15,16)10-6-5-9-14/h3-4,7-8,14H,5-6,9-10H2,1-2H3. The van der Waals surface area contributed by atoms with Gasteiger partial charge in [-0.1, -0.05) is 18.2 Å². The number of anilines is 1. The van der Waals surface area contributed by atoms with Crippen LogP contribution in [-0.4, -0.2) is 32.9 Å². The minimum Gasteiger partial charge on any atom is -0.396 e. The summed E-state index contributed by atoms with van der Waals surface area (Å²) in [5, 5.41) is 8.65. The second-order valence-electron chi connectivity index (χ2n) is 4.00. The van der Waals surface area contributed by atoms with Crippen LogP contribution in [0.4, 0.5) is 5.69 Å². The highest BCUT2D eigenvalue weighted by Gasteiger charge is 2.18. The van der Waals surface area contributed by atoms with Crippen LogP contribution in [0, 0.1) is 6.92 Å². The number of para-hydroxylation sites is 1. The lowest BCUT2D eigenvalue weighted by Gasteiger charge is -2.21. The SMILES string of the molecule is Cc1ccccc1N(C)S(=O)(=O)CCCCO. The quantitative estimate of drug-likeness (QED) is 0.786. The smallest absolute Gasteiger partial charge is 0.234 e. The number of sulfonamides is 1. The molecule has 96 valence electrons. The summed E-state index contributed by atoms with van der Waals surface area (Å²) in [5.41, 5.74) is 1.64. The van der Waals surface area contributed by atoms with Gasteiger partial charge in [-0.15, -0.1) is 0 Å². The number of benzene rings is 1. The van der Waals surface area contributed by atoms with Gasteiger partial charge in [0.25, 0.3) is 0 Å². The molecule has 1 aromatic rings. The van der Waals surface area contributed by atoms with E-state index in [1.54, 1.807) is 13.1 Å². The molecule has 0 radical (unpaired) electrons. The third-order valence-electron chi connectivity index (χ3n) is 2.68. The second-order valence-corrected chi connectivity index (χ2v) is 6.12. The fraction of sp³-hybridized carbons (Fsp3) is 0.500. The minimum absolute atomic E-state index is 0.0313. The Morgan fingerprint density at radius 1 is 1.24 bits per heavy atom. The summed E-state index contributed by atoms with van der Waals surface area (Å²) < 4.78 is 25.3. The molecule has 0 aromatic heterocycles. The third-order valence-corrected chi connectivity index (χ3v) is 4.52. The maximum Gasteiger partial charge on any atom is 0.234 e. The summed E-state index contributed by atoms with van der Waals surface area (Å²) in [4.78, 5) is 0. The monoisotopic (exact) mass is 257 g/mol. The summed E-state index contributed by atoms with van der Waals surface area (Å²) in [5.74, 6) is 0.0679. The van der Waals surface area contributed by atoms with E-state index in [9.17, 15) is 8.42 Å². The van der Waals surface area contributed by atoms with Crippen molar-refractivity contribution in [2.75, 3.05) is 23.7 Å². The Bertz CT molecular complexity index is 457. The number of hydrogen-bond acceptors (Lipinski definition) is 3. The van der Waals surface area contributed by atoms with Gasteiger partial charge < -0.3 is 5.11 Å². The van der Waals surface area contributed by atoms with Crippen LogP contribution >= 0.6 is 0 Å². The van der Waals surface area contributed by atoms with Crippen LogP contribution in [0.3, 0.4) is 0 Å². The van der Waals surface area contributed by atoms with Crippen molar-refractivity contribution >= 4 is 15.7 Å². The normalized spacial score (nSPS) is 11.5. The molecule has 5 heteroatoms. The van der Waals surface area contributed by atoms with Gasteiger partial charge in [0.2, 0.25) is 10.0 Å². The second kappa shape index (κ2) is 6.02. The molecule has 1 N–H and O–H groups in total. The third kappa shape index (κ3) is 3.71. The van der Waals surface area contributed by atoms with Gasteiger partial charge >= 0.3 is 0 Å². The zero-order valence-electron chi connectivity index (χ0n) is 10.3. The predicted octanol–water partition coefficient (Wildman–Crippen LogP) is 1.53. The first kappa shape index (κ1) is 14.0. The Balaban J connectivity index is 2.82. The molecule has 0 heterocycles. The molecule has 0 amide bonds. The zero-order valence-corrected chi connectivity index (χ0v) is 11.1. The molecule has 17 heavy (non-hydrogen) atoms. The van der Waals surface area contributed by atoms with Crippen molar-refractivity contribution in [1.29, 1.82) is 0 Å². The molecule has 4 nitrogen and oxygen atoms in total. The summed E-state index contributed by atoms with van der Waals surface area (Å²) in [6, 6.07) is 7.38. The van der Waals surface area contributed by atoms with Crippen molar-refractivity contribution in [3.63, 3.8) is 0 Å². The van der Waals surface area contributed by atoms with Gasteiger partial charge in [-0.05, 0) is 31.4 Å². The highest BCUT2D eigenvalue weighted by Crippen LogP contribution is 2.21. The Hall–Kier alpha value is -1.07. The van der Waals surface area contributed by atoms with Crippen molar-refractivity contribution in [3.05, 3.63) is 29.8 Å². The average Bonchev–Trinajstić information content (AvgIpc) is 2.29. The Morgan fingerprint density at radius 2 is 1.88 bits per heavy atom. The number of aryl methyl sites for hydroxylation is 1. The topological polar surface area (TPSA) is 57.6 Å². The molecule has 0 unspecified atom stereocenters. The molecule has 0 atom stereocenters. The summed E-state index contributed by atoms with van der Waals surface area (Å²) in [6.45, 7) is 1.92.